The summed E-state index contributed by atoms with van der Waals surface area (Å²) in [4.78, 5) is 12.7. The van der Waals surface area contributed by atoms with Crippen molar-refractivity contribution in [3.05, 3.63) is 47.5 Å². The van der Waals surface area contributed by atoms with Crippen molar-refractivity contribution >= 4 is 5.91 Å². The highest BCUT2D eigenvalue weighted by atomic mass is 19.1. The van der Waals surface area contributed by atoms with Crippen molar-refractivity contribution in [2.75, 3.05) is 0 Å². The van der Waals surface area contributed by atoms with Crippen molar-refractivity contribution in [3.8, 4) is 6.07 Å². The molecule has 2 aliphatic carbocycles. The van der Waals surface area contributed by atoms with Crippen molar-refractivity contribution in [1.29, 1.82) is 5.26 Å². The summed E-state index contributed by atoms with van der Waals surface area (Å²) in [6, 6.07) is 7.94. The van der Waals surface area contributed by atoms with E-state index in [1.165, 1.54) is 18.6 Å². The summed E-state index contributed by atoms with van der Waals surface area (Å²) in [5.74, 6) is -0.751. The number of aromatic nitrogens is 3. The first-order valence-corrected chi connectivity index (χ1v) is 9.52. The van der Waals surface area contributed by atoms with Crippen LogP contribution >= 0.6 is 0 Å². The molecule has 1 amide bonds. The van der Waals surface area contributed by atoms with Gasteiger partial charge in [0.2, 0.25) is 0 Å². The Kier molecular flexibility index (Phi) is 4.65. The van der Waals surface area contributed by atoms with E-state index in [9.17, 15) is 14.4 Å². The summed E-state index contributed by atoms with van der Waals surface area (Å²) in [7, 11) is 0. The number of rotatable bonds is 5. The van der Waals surface area contributed by atoms with Crippen molar-refractivity contribution in [2.24, 2.45) is 5.92 Å². The zero-order chi connectivity index (χ0) is 18.9. The molecule has 2 fully saturated rings. The van der Waals surface area contributed by atoms with E-state index in [1.54, 1.807) is 23.0 Å². The lowest BCUT2D eigenvalue weighted by Crippen LogP contribution is -2.35. The lowest BCUT2D eigenvalue weighted by Gasteiger charge is -2.29. The zero-order valence-electron chi connectivity index (χ0n) is 15.1. The third-order valence-corrected chi connectivity index (χ3v) is 5.73. The number of nitrogens with zero attached hydrogens (tertiary/aromatic N) is 4. The third-order valence-electron chi connectivity index (χ3n) is 5.73. The molecule has 1 aromatic heterocycles. The van der Waals surface area contributed by atoms with Crippen LogP contribution in [0.2, 0.25) is 0 Å². The smallest absolute Gasteiger partial charge is 0.254 e. The van der Waals surface area contributed by atoms with Gasteiger partial charge in [0.05, 0.1) is 23.9 Å². The van der Waals surface area contributed by atoms with Crippen LogP contribution in [0, 0.1) is 23.1 Å². The normalized spacial score (nSPS) is 19.9. The van der Waals surface area contributed by atoms with Gasteiger partial charge in [0.15, 0.2) is 5.54 Å². The number of carbonyl (C=O) groups excluding carboxylic acids is 1. The van der Waals surface area contributed by atoms with Crippen LogP contribution in [0.1, 0.15) is 67.0 Å². The van der Waals surface area contributed by atoms with Gasteiger partial charge in [-0.3, -0.25) is 4.79 Å². The molecule has 7 heteroatoms. The predicted molar refractivity (Wildman–Crippen MR) is 96.0 cm³/mol. The number of amides is 1. The van der Waals surface area contributed by atoms with Crippen molar-refractivity contribution in [3.63, 3.8) is 0 Å². The number of nitrogens with one attached hydrogen (secondary N) is 1. The molecular formula is C20H22FN5O. The van der Waals surface area contributed by atoms with E-state index in [1.807, 2.05) is 0 Å². The third kappa shape index (κ3) is 3.44. The molecule has 1 N–H and O–H groups in total. The molecule has 27 heavy (non-hydrogen) atoms. The zero-order valence-corrected chi connectivity index (χ0v) is 15.1. The predicted octanol–water partition coefficient (Wildman–Crippen LogP) is 3.48. The molecule has 6 nitrogen and oxygen atoms in total. The van der Waals surface area contributed by atoms with E-state index < -0.39 is 17.3 Å². The number of hydrogen-bond acceptors (Lipinski definition) is 4. The van der Waals surface area contributed by atoms with E-state index in [4.69, 9.17) is 0 Å². The van der Waals surface area contributed by atoms with Gasteiger partial charge < -0.3 is 5.32 Å². The lowest BCUT2D eigenvalue weighted by molar-refractivity contribution is 0.0906. The van der Waals surface area contributed by atoms with Gasteiger partial charge in [-0.05, 0) is 43.7 Å². The van der Waals surface area contributed by atoms with Crippen molar-refractivity contribution in [2.45, 2.75) is 56.5 Å². The fourth-order valence-corrected chi connectivity index (χ4v) is 3.90. The molecule has 0 radical (unpaired) electrons. The number of benzene rings is 1. The number of hydrogen-bond donors (Lipinski definition) is 1. The quantitative estimate of drug-likeness (QED) is 0.877. The molecule has 0 saturated heterocycles. The summed E-state index contributed by atoms with van der Waals surface area (Å²) >= 11 is 0. The van der Waals surface area contributed by atoms with Gasteiger partial charge >= 0.3 is 0 Å². The van der Waals surface area contributed by atoms with Crippen LogP contribution in [0.4, 0.5) is 4.39 Å². The van der Waals surface area contributed by atoms with Crippen LogP contribution in [0.3, 0.4) is 0 Å². The second-order valence-electron chi connectivity index (χ2n) is 7.56. The number of carbonyl (C=O) groups is 1. The monoisotopic (exact) mass is 367 g/mol. The minimum absolute atomic E-state index is 0.0291. The minimum Gasteiger partial charge on any atom is -0.343 e. The first-order chi connectivity index (χ1) is 13.1. The molecule has 4 rings (SSSR count). The largest absolute Gasteiger partial charge is 0.343 e. The summed E-state index contributed by atoms with van der Waals surface area (Å²) in [5, 5.41) is 20.8. The van der Waals surface area contributed by atoms with Gasteiger partial charge in [0.25, 0.3) is 5.91 Å². The maximum atomic E-state index is 14.0. The molecule has 0 unspecified atom stereocenters. The first-order valence-electron chi connectivity index (χ1n) is 9.52. The summed E-state index contributed by atoms with van der Waals surface area (Å²) in [5.41, 5.74) is 0.0901. The maximum Gasteiger partial charge on any atom is 0.254 e. The van der Waals surface area contributed by atoms with Crippen LogP contribution in [0.15, 0.2) is 30.5 Å². The molecular weight excluding hydrogens is 345 g/mol. The molecule has 140 valence electrons. The Morgan fingerprint density at radius 1 is 1.30 bits per heavy atom. The molecule has 1 aromatic carbocycles. The van der Waals surface area contributed by atoms with Gasteiger partial charge in [-0.1, -0.05) is 36.6 Å². The summed E-state index contributed by atoms with van der Waals surface area (Å²) < 4.78 is 15.6. The Morgan fingerprint density at radius 2 is 2.04 bits per heavy atom. The molecule has 2 aliphatic rings. The highest BCUT2D eigenvalue weighted by Gasteiger charge is 2.47. The molecule has 2 aromatic rings. The highest BCUT2D eigenvalue weighted by Crippen LogP contribution is 2.43. The lowest BCUT2D eigenvalue weighted by atomic mass is 9.82. The van der Waals surface area contributed by atoms with Crippen LogP contribution in [0.5, 0.6) is 0 Å². The van der Waals surface area contributed by atoms with Gasteiger partial charge in [-0.15, -0.1) is 5.10 Å². The van der Waals surface area contributed by atoms with Crippen LogP contribution in [-0.2, 0) is 5.54 Å². The van der Waals surface area contributed by atoms with Gasteiger partial charge in [0.1, 0.15) is 11.5 Å². The van der Waals surface area contributed by atoms with E-state index in [0.717, 1.165) is 38.5 Å². The topological polar surface area (TPSA) is 83.6 Å². The number of halogens is 1. The summed E-state index contributed by atoms with van der Waals surface area (Å²) in [6.07, 6.45) is 8.67. The van der Waals surface area contributed by atoms with Crippen LogP contribution in [-0.4, -0.2) is 20.9 Å². The van der Waals surface area contributed by atoms with E-state index in [-0.39, 0.29) is 17.5 Å². The van der Waals surface area contributed by atoms with E-state index >= 15 is 0 Å². The Hall–Kier alpha value is -2.75. The molecule has 1 atom stereocenters. The Morgan fingerprint density at radius 3 is 2.70 bits per heavy atom. The van der Waals surface area contributed by atoms with E-state index in [0.29, 0.717) is 5.69 Å². The Bertz CT molecular complexity index is 876. The summed E-state index contributed by atoms with van der Waals surface area (Å²) in [6.45, 7) is 0. The average Bonchev–Trinajstić information content (AvgIpc) is 3.35. The first kappa shape index (κ1) is 17.7. The van der Waals surface area contributed by atoms with Gasteiger partial charge in [0, 0.05) is 0 Å². The fraction of sp³-hybridized carbons (Fsp3) is 0.500. The highest BCUT2D eigenvalue weighted by molar-refractivity contribution is 5.94. The second kappa shape index (κ2) is 7.10. The van der Waals surface area contributed by atoms with Crippen molar-refractivity contribution in [1.82, 2.24) is 20.3 Å². The van der Waals surface area contributed by atoms with Gasteiger partial charge in [-0.25, -0.2) is 9.07 Å². The van der Waals surface area contributed by atoms with Gasteiger partial charge in [-0.2, -0.15) is 5.26 Å². The van der Waals surface area contributed by atoms with Crippen molar-refractivity contribution < 1.29 is 9.18 Å². The molecule has 0 aliphatic heterocycles. The van der Waals surface area contributed by atoms with Crippen LogP contribution in [0.25, 0.3) is 0 Å². The molecule has 1 heterocycles. The van der Waals surface area contributed by atoms with E-state index in [2.05, 4.69) is 21.7 Å². The number of nitriles is 1. The molecule has 0 spiro atoms. The molecule has 0 bridgehead atoms. The molecule has 2 saturated carbocycles. The second-order valence-corrected chi connectivity index (χ2v) is 7.56. The maximum absolute atomic E-state index is 14.0. The minimum atomic E-state index is -0.585. The average molecular weight is 367 g/mol. The SMILES string of the molecule is N#CC1(n2cc([C@@H](NC(=O)c3ccccc3F)C3CCCCC3)nn2)CC1. The Labute approximate surface area is 157 Å². The Balaban J connectivity index is 1.61. The standard InChI is InChI=1S/C20H22FN5O/c21-16-9-5-4-8-15(16)19(27)23-18(14-6-2-1-3-7-14)17-12-26(25-24-17)20(13-22)10-11-20/h4-5,8-9,12,14,18H,1-3,6-7,10-11H2,(H,23,27)/t18-/m0/s1. The van der Waals surface area contributed by atoms with Crippen LogP contribution < -0.4 is 5.32 Å². The fourth-order valence-electron chi connectivity index (χ4n) is 3.90.